The Bertz CT molecular complexity index is 1160. The van der Waals surface area contributed by atoms with Gasteiger partial charge in [-0.2, -0.15) is 0 Å². The zero-order valence-corrected chi connectivity index (χ0v) is 19.2. The zero-order valence-electron chi connectivity index (χ0n) is 19.2. The number of hydrogen-bond acceptors (Lipinski definition) is 6. The summed E-state index contributed by atoms with van der Waals surface area (Å²) in [6, 6.07) is 12.4. The van der Waals surface area contributed by atoms with Gasteiger partial charge >= 0.3 is 12.0 Å². The van der Waals surface area contributed by atoms with Crippen LogP contribution in [0.3, 0.4) is 0 Å². The molecule has 2 N–H and O–H groups in total. The van der Waals surface area contributed by atoms with E-state index in [2.05, 4.69) is 15.8 Å². The average Bonchev–Trinajstić information content (AvgIpc) is 3.30. The van der Waals surface area contributed by atoms with E-state index in [1.165, 1.54) is 49.4 Å². The Kier molecular flexibility index (Phi) is 7.62. The molecule has 1 aromatic heterocycles. The van der Waals surface area contributed by atoms with Crippen molar-refractivity contribution in [2.24, 2.45) is 5.92 Å². The van der Waals surface area contributed by atoms with Crippen LogP contribution in [0.25, 0.3) is 11.3 Å². The number of nitrogens with one attached hydrogen (secondary N) is 2. The first kappa shape index (κ1) is 24.4. The molecule has 3 rings (SSSR count). The molecule has 1 unspecified atom stereocenters. The Labute approximate surface area is 195 Å². The topological polar surface area (TPSA) is 114 Å². The van der Waals surface area contributed by atoms with E-state index in [1.807, 2.05) is 13.8 Å². The normalized spacial score (nSPS) is 11.6. The molecule has 0 saturated heterocycles. The number of hydrogen-bond donors (Lipinski definition) is 2. The van der Waals surface area contributed by atoms with Crippen LogP contribution >= 0.6 is 0 Å². The first-order chi connectivity index (χ1) is 16.2. The number of likely N-dealkylation sites (N-methyl/N-ethyl adjacent to an activating group) is 1. The molecule has 3 aromatic rings. The Morgan fingerprint density at radius 2 is 1.56 bits per heavy atom. The fraction of sp³-hybridized carbons (Fsp3) is 0.250. The van der Waals surface area contributed by atoms with Crippen molar-refractivity contribution in [3.63, 3.8) is 0 Å². The largest absolute Gasteiger partial charge is 0.467 e. The number of carbonyl (C=O) groups is 3. The molecule has 0 bridgehead atoms. The number of benzene rings is 2. The van der Waals surface area contributed by atoms with Crippen LogP contribution in [0.2, 0.25) is 0 Å². The molecule has 0 radical (unpaired) electrons. The highest BCUT2D eigenvalue weighted by Gasteiger charge is 2.32. The molecular weight excluding hydrogens is 443 g/mol. The molecular formula is C24H25FN4O5. The molecule has 9 nitrogen and oxygen atoms in total. The van der Waals surface area contributed by atoms with Crippen LogP contribution in [0.5, 0.6) is 0 Å². The molecule has 0 spiro atoms. The second kappa shape index (κ2) is 10.6. The molecule has 1 atom stereocenters. The van der Waals surface area contributed by atoms with Crippen molar-refractivity contribution in [3.05, 3.63) is 66.2 Å². The van der Waals surface area contributed by atoms with Gasteiger partial charge in [0.05, 0.1) is 7.11 Å². The molecule has 1 heterocycles. The Balaban J connectivity index is 1.66. The van der Waals surface area contributed by atoms with Crippen LogP contribution in [0.15, 0.2) is 59.1 Å². The molecule has 0 aliphatic rings. The zero-order chi connectivity index (χ0) is 24.8. The molecule has 0 aliphatic heterocycles. The third-order valence-electron chi connectivity index (χ3n) is 5.07. The van der Waals surface area contributed by atoms with Crippen LogP contribution in [0, 0.1) is 11.7 Å². The van der Waals surface area contributed by atoms with E-state index >= 15 is 0 Å². The monoisotopic (exact) mass is 468 g/mol. The minimum Gasteiger partial charge on any atom is -0.467 e. The van der Waals surface area contributed by atoms with Crippen LogP contribution in [-0.4, -0.2) is 48.2 Å². The van der Waals surface area contributed by atoms with Crippen molar-refractivity contribution >= 4 is 29.3 Å². The summed E-state index contributed by atoms with van der Waals surface area (Å²) in [5.74, 6) is -1.60. The minimum absolute atomic E-state index is 0.0204. The van der Waals surface area contributed by atoms with Crippen molar-refractivity contribution in [2.45, 2.75) is 19.9 Å². The van der Waals surface area contributed by atoms with E-state index in [0.29, 0.717) is 22.6 Å². The van der Waals surface area contributed by atoms with E-state index in [9.17, 15) is 18.8 Å². The quantitative estimate of drug-likeness (QED) is 0.497. The number of nitrogens with zero attached hydrogens (tertiary/aromatic N) is 2. The van der Waals surface area contributed by atoms with Crippen LogP contribution in [-0.2, 0) is 9.53 Å². The Morgan fingerprint density at radius 3 is 2.09 bits per heavy atom. The highest BCUT2D eigenvalue weighted by molar-refractivity contribution is 6.00. The van der Waals surface area contributed by atoms with Crippen molar-refractivity contribution in [1.82, 2.24) is 10.1 Å². The van der Waals surface area contributed by atoms with Gasteiger partial charge in [0.25, 0.3) is 5.91 Å². The molecule has 0 saturated carbocycles. The number of anilines is 2. The maximum Gasteiger partial charge on any atom is 0.328 e. The van der Waals surface area contributed by atoms with Gasteiger partial charge in [-0.1, -0.05) is 31.1 Å². The van der Waals surface area contributed by atoms with E-state index in [4.69, 9.17) is 9.26 Å². The van der Waals surface area contributed by atoms with Gasteiger partial charge in [0, 0.05) is 30.1 Å². The lowest BCUT2D eigenvalue weighted by atomic mass is 10.0. The second-order valence-corrected chi connectivity index (χ2v) is 7.87. The number of esters is 1. The van der Waals surface area contributed by atoms with Gasteiger partial charge in [-0.25, -0.2) is 14.0 Å². The van der Waals surface area contributed by atoms with Gasteiger partial charge in [0.15, 0.2) is 0 Å². The van der Waals surface area contributed by atoms with Crippen LogP contribution < -0.4 is 10.6 Å². The van der Waals surface area contributed by atoms with Crippen LogP contribution in [0.1, 0.15) is 24.4 Å². The fourth-order valence-electron chi connectivity index (χ4n) is 3.36. The molecule has 3 amide bonds. The summed E-state index contributed by atoms with van der Waals surface area (Å²) in [6.45, 7) is 3.62. The number of amides is 3. The first-order valence-electron chi connectivity index (χ1n) is 10.4. The van der Waals surface area contributed by atoms with Crippen molar-refractivity contribution in [3.8, 4) is 11.3 Å². The first-order valence-corrected chi connectivity index (χ1v) is 10.4. The Morgan fingerprint density at radius 1 is 1.00 bits per heavy atom. The van der Waals surface area contributed by atoms with Gasteiger partial charge in [0.1, 0.15) is 17.6 Å². The summed E-state index contributed by atoms with van der Waals surface area (Å²) in [4.78, 5) is 38.3. The average molecular weight is 468 g/mol. The van der Waals surface area contributed by atoms with Crippen molar-refractivity contribution < 1.29 is 28.0 Å². The van der Waals surface area contributed by atoms with Gasteiger partial charge in [-0.15, -0.1) is 0 Å². The summed E-state index contributed by atoms with van der Waals surface area (Å²) in [5.41, 5.74) is 2.04. The number of urea groups is 1. The van der Waals surface area contributed by atoms with E-state index < -0.39 is 29.8 Å². The number of carbonyl (C=O) groups excluding carboxylic acids is 3. The highest BCUT2D eigenvalue weighted by Crippen LogP contribution is 2.23. The van der Waals surface area contributed by atoms with Gasteiger partial charge in [0.2, 0.25) is 5.76 Å². The van der Waals surface area contributed by atoms with Gasteiger partial charge in [-0.3, -0.25) is 4.79 Å². The van der Waals surface area contributed by atoms with Crippen LogP contribution in [0.4, 0.5) is 20.6 Å². The molecule has 34 heavy (non-hydrogen) atoms. The third-order valence-corrected chi connectivity index (χ3v) is 5.07. The summed E-state index contributed by atoms with van der Waals surface area (Å²) >= 11 is 0. The SMILES string of the molecule is COC(=O)C(C(C)C)N(C)C(=O)c1cc(-c2ccc(NC(=O)Nc3ccc(F)cc3)cc2)no1. The van der Waals surface area contributed by atoms with E-state index in [1.54, 1.807) is 24.3 Å². The smallest absolute Gasteiger partial charge is 0.328 e. The summed E-state index contributed by atoms with van der Waals surface area (Å²) in [5, 5.41) is 9.21. The summed E-state index contributed by atoms with van der Waals surface area (Å²) < 4.78 is 23.0. The highest BCUT2D eigenvalue weighted by atomic mass is 19.1. The van der Waals surface area contributed by atoms with Gasteiger partial charge in [-0.05, 0) is 42.3 Å². The summed E-state index contributed by atoms with van der Waals surface area (Å²) in [7, 11) is 2.77. The van der Waals surface area contributed by atoms with Crippen molar-refractivity contribution in [1.29, 1.82) is 0 Å². The molecule has 2 aromatic carbocycles. The predicted octanol–water partition coefficient (Wildman–Crippen LogP) is 4.39. The molecule has 10 heteroatoms. The maximum absolute atomic E-state index is 13.0. The lowest BCUT2D eigenvalue weighted by molar-refractivity contribution is -0.147. The standard InChI is InChI=1S/C24H25FN4O5/c1-14(2)21(23(31)33-4)29(3)22(30)20-13-19(28-34-20)15-5-9-17(10-6-15)26-24(32)27-18-11-7-16(25)8-12-18/h5-14,21H,1-4H3,(H2,26,27,32). The molecule has 0 fully saturated rings. The Hall–Kier alpha value is -4.21. The van der Waals surface area contributed by atoms with Gasteiger partial charge < -0.3 is 24.8 Å². The fourth-order valence-corrected chi connectivity index (χ4v) is 3.36. The number of halogens is 1. The number of aromatic nitrogens is 1. The third kappa shape index (κ3) is 5.77. The summed E-state index contributed by atoms with van der Waals surface area (Å²) in [6.07, 6.45) is 0. The molecule has 0 aliphatic carbocycles. The maximum atomic E-state index is 13.0. The van der Waals surface area contributed by atoms with Crippen molar-refractivity contribution in [2.75, 3.05) is 24.8 Å². The number of ether oxygens (including phenoxy) is 1. The lowest BCUT2D eigenvalue weighted by Crippen LogP contribution is -2.46. The predicted molar refractivity (Wildman–Crippen MR) is 124 cm³/mol. The molecule has 178 valence electrons. The minimum atomic E-state index is -0.766. The second-order valence-electron chi connectivity index (χ2n) is 7.87. The lowest BCUT2D eigenvalue weighted by Gasteiger charge is -2.27. The number of methoxy groups -OCH3 is 1. The van der Waals surface area contributed by atoms with E-state index in [0.717, 1.165) is 0 Å². The van der Waals surface area contributed by atoms with E-state index in [-0.39, 0.29) is 11.7 Å². The number of rotatable bonds is 7.